The van der Waals surface area contributed by atoms with Gasteiger partial charge in [-0.25, -0.2) is 4.39 Å². The summed E-state index contributed by atoms with van der Waals surface area (Å²) < 4.78 is 18.1. The summed E-state index contributed by atoms with van der Waals surface area (Å²) in [5.74, 6) is 3.35. The Morgan fingerprint density at radius 1 is 0.920 bits per heavy atom. The number of benzene rings is 1. The van der Waals surface area contributed by atoms with Crippen LogP contribution in [0.15, 0.2) is 36.6 Å². The van der Waals surface area contributed by atoms with Gasteiger partial charge in [-0.15, -0.1) is 0 Å². The lowest BCUT2D eigenvalue weighted by atomic mass is 9.68. The fourth-order valence-electron chi connectivity index (χ4n) is 5.10. The van der Waals surface area contributed by atoms with Gasteiger partial charge in [-0.05, 0) is 98.8 Å². The van der Waals surface area contributed by atoms with Crippen LogP contribution in [0.3, 0.4) is 0 Å². The molecule has 0 bridgehead atoms. The van der Waals surface area contributed by atoms with Gasteiger partial charge in [-0.2, -0.15) is 0 Å². The highest BCUT2D eigenvalue weighted by atomic mass is 19.1. The van der Waals surface area contributed by atoms with E-state index in [-0.39, 0.29) is 5.82 Å². The number of methoxy groups -OCH3 is 1. The van der Waals surface area contributed by atoms with E-state index in [1.165, 1.54) is 63.4 Å². The van der Waals surface area contributed by atoms with Gasteiger partial charge in [-0.3, -0.25) is 0 Å². The van der Waals surface area contributed by atoms with Gasteiger partial charge in [-0.1, -0.05) is 25.0 Å². The molecule has 0 aliphatic heterocycles. The Balaban J connectivity index is 1.39. The fraction of sp³-hybridized carbons (Fsp3) is 0.652. The summed E-state index contributed by atoms with van der Waals surface area (Å²) in [7, 11) is 1.71. The van der Waals surface area contributed by atoms with Crippen molar-refractivity contribution in [2.45, 2.75) is 70.1 Å². The summed E-state index contributed by atoms with van der Waals surface area (Å²) in [5.41, 5.74) is 1.34. The third-order valence-corrected chi connectivity index (χ3v) is 6.65. The molecular formula is C23H33FO. The van der Waals surface area contributed by atoms with E-state index in [0.29, 0.717) is 5.92 Å². The Bertz CT molecular complexity index is 520. The van der Waals surface area contributed by atoms with Gasteiger partial charge in [0.2, 0.25) is 0 Å². The van der Waals surface area contributed by atoms with Crippen LogP contribution in [0.5, 0.6) is 0 Å². The molecule has 0 radical (unpaired) electrons. The smallest absolute Gasteiger partial charge is 0.123 e. The third kappa shape index (κ3) is 5.33. The first-order chi connectivity index (χ1) is 12.3. The second-order valence-corrected chi connectivity index (χ2v) is 8.13. The molecule has 0 heterocycles. The monoisotopic (exact) mass is 344 g/mol. The number of allylic oxidation sites excluding steroid dienone is 1. The van der Waals surface area contributed by atoms with Gasteiger partial charge < -0.3 is 4.74 Å². The van der Waals surface area contributed by atoms with Crippen molar-refractivity contribution in [1.29, 1.82) is 0 Å². The van der Waals surface area contributed by atoms with E-state index < -0.39 is 0 Å². The highest BCUT2D eigenvalue weighted by molar-refractivity contribution is 5.20. The van der Waals surface area contributed by atoms with Crippen LogP contribution in [0.2, 0.25) is 0 Å². The van der Waals surface area contributed by atoms with Crippen molar-refractivity contribution in [3.8, 4) is 0 Å². The molecule has 25 heavy (non-hydrogen) atoms. The van der Waals surface area contributed by atoms with Gasteiger partial charge in [0.05, 0.1) is 13.4 Å². The number of hydrogen-bond acceptors (Lipinski definition) is 1. The molecule has 0 unspecified atom stereocenters. The van der Waals surface area contributed by atoms with Crippen molar-refractivity contribution in [3.63, 3.8) is 0 Å². The first-order valence-electron chi connectivity index (χ1n) is 10.2. The highest BCUT2D eigenvalue weighted by Crippen LogP contribution is 2.44. The number of rotatable bonds is 6. The molecule has 0 saturated heterocycles. The molecule has 3 rings (SSSR count). The van der Waals surface area contributed by atoms with E-state index in [1.807, 2.05) is 18.4 Å². The minimum Gasteiger partial charge on any atom is -0.505 e. The Hall–Kier alpha value is -1.31. The second kappa shape index (κ2) is 9.40. The van der Waals surface area contributed by atoms with E-state index in [9.17, 15) is 4.39 Å². The molecule has 0 spiro atoms. The van der Waals surface area contributed by atoms with Crippen LogP contribution in [0.4, 0.5) is 4.39 Å². The van der Waals surface area contributed by atoms with Crippen molar-refractivity contribution in [3.05, 3.63) is 48.0 Å². The molecule has 2 aliphatic carbocycles. The zero-order valence-electron chi connectivity index (χ0n) is 15.6. The predicted molar refractivity (Wildman–Crippen MR) is 102 cm³/mol. The van der Waals surface area contributed by atoms with E-state index in [2.05, 4.69) is 6.08 Å². The lowest BCUT2D eigenvalue weighted by Crippen LogP contribution is -2.25. The van der Waals surface area contributed by atoms with E-state index in [1.54, 1.807) is 19.2 Å². The molecule has 2 saturated carbocycles. The van der Waals surface area contributed by atoms with Crippen LogP contribution in [-0.2, 0) is 4.74 Å². The number of ether oxygens (including phenoxy) is 1. The van der Waals surface area contributed by atoms with Crippen LogP contribution < -0.4 is 0 Å². The van der Waals surface area contributed by atoms with Crippen LogP contribution in [0.1, 0.15) is 75.7 Å². The first kappa shape index (κ1) is 18.5. The molecule has 1 aromatic rings. The number of halogens is 1. The molecule has 1 nitrogen and oxygen atoms in total. The second-order valence-electron chi connectivity index (χ2n) is 8.13. The molecule has 2 heteroatoms. The molecule has 0 aromatic heterocycles. The molecule has 0 atom stereocenters. The van der Waals surface area contributed by atoms with Gasteiger partial charge in [0.25, 0.3) is 0 Å². The van der Waals surface area contributed by atoms with Crippen molar-refractivity contribution in [2.75, 3.05) is 7.11 Å². The maximum atomic E-state index is 13.1. The summed E-state index contributed by atoms with van der Waals surface area (Å²) >= 11 is 0. The first-order valence-corrected chi connectivity index (χ1v) is 10.2. The average molecular weight is 345 g/mol. The van der Waals surface area contributed by atoms with Crippen LogP contribution in [0.25, 0.3) is 0 Å². The maximum Gasteiger partial charge on any atom is 0.123 e. The molecular weight excluding hydrogens is 311 g/mol. The summed E-state index contributed by atoms with van der Waals surface area (Å²) in [6, 6.07) is 7.21. The van der Waals surface area contributed by atoms with E-state index >= 15 is 0 Å². The van der Waals surface area contributed by atoms with E-state index in [4.69, 9.17) is 4.74 Å². The highest BCUT2D eigenvalue weighted by Gasteiger charge is 2.31. The Labute approximate surface area is 152 Å². The Morgan fingerprint density at radius 2 is 1.52 bits per heavy atom. The topological polar surface area (TPSA) is 9.23 Å². The molecule has 0 amide bonds. The Kier molecular flexibility index (Phi) is 6.95. The van der Waals surface area contributed by atoms with Gasteiger partial charge in [0, 0.05) is 0 Å². The molecule has 2 fully saturated rings. The van der Waals surface area contributed by atoms with Crippen molar-refractivity contribution in [2.24, 2.45) is 17.8 Å². The maximum absolute atomic E-state index is 13.1. The van der Waals surface area contributed by atoms with Crippen molar-refractivity contribution in [1.82, 2.24) is 0 Å². The zero-order valence-corrected chi connectivity index (χ0v) is 15.6. The van der Waals surface area contributed by atoms with E-state index in [0.717, 1.165) is 24.2 Å². The average Bonchev–Trinajstić information content (AvgIpc) is 2.67. The normalized spacial score (nSPS) is 30.5. The minimum atomic E-state index is -0.119. The number of hydrogen-bond donors (Lipinski definition) is 0. The molecule has 0 N–H and O–H groups in total. The largest absolute Gasteiger partial charge is 0.505 e. The lowest BCUT2D eigenvalue weighted by Gasteiger charge is -2.38. The van der Waals surface area contributed by atoms with Gasteiger partial charge >= 0.3 is 0 Å². The summed E-state index contributed by atoms with van der Waals surface area (Å²) in [5, 5.41) is 0. The predicted octanol–water partition coefficient (Wildman–Crippen LogP) is 6.85. The molecule has 138 valence electrons. The van der Waals surface area contributed by atoms with Crippen LogP contribution in [0, 0.1) is 23.6 Å². The lowest BCUT2D eigenvalue weighted by molar-refractivity contribution is 0.157. The molecule has 2 aliphatic rings. The summed E-state index contributed by atoms with van der Waals surface area (Å²) in [6.45, 7) is 0. The summed E-state index contributed by atoms with van der Waals surface area (Å²) in [6.07, 6.45) is 17.5. The quantitative estimate of drug-likeness (QED) is 0.513. The molecule has 1 aromatic carbocycles. The third-order valence-electron chi connectivity index (χ3n) is 6.65. The van der Waals surface area contributed by atoms with Crippen molar-refractivity contribution >= 4 is 0 Å². The van der Waals surface area contributed by atoms with Crippen molar-refractivity contribution < 1.29 is 9.13 Å². The summed E-state index contributed by atoms with van der Waals surface area (Å²) in [4.78, 5) is 0. The van der Waals surface area contributed by atoms with Crippen LogP contribution >= 0.6 is 0 Å². The standard InChI is InChI=1S/C23H33FO/c1-25-17-3-2-4-18-5-7-19(8-6-18)20-9-11-21(12-10-20)22-13-15-23(24)16-14-22/h3,13-21H,2,4-12H2,1H3/b17-3+/t18-,19-,20?,21?. The van der Waals surface area contributed by atoms with Gasteiger partial charge in [0.1, 0.15) is 5.82 Å². The minimum absolute atomic E-state index is 0.119. The zero-order chi connectivity index (χ0) is 17.5. The fourth-order valence-corrected chi connectivity index (χ4v) is 5.10. The van der Waals surface area contributed by atoms with Crippen LogP contribution in [-0.4, -0.2) is 7.11 Å². The SMILES string of the molecule is CO/C=C/CC[C@H]1CC[C@H](C2CCC(c3ccc(F)cc3)CC2)CC1. The van der Waals surface area contributed by atoms with Gasteiger partial charge in [0.15, 0.2) is 0 Å². The Morgan fingerprint density at radius 3 is 2.12 bits per heavy atom.